The maximum Gasteiger partial charge on any atom is 0.352 e. The molecule has 6 nitrogen and oxygen atoms in total. The SMILES string of the molecule is Cc1ccn(Cc2ccc([N+](=O)[O-])c(F)c2)c1C(=O)O. The van der Waals surface area contributed by atoms with E-state index in [2.05, 4.69) is 0 Å². The Morgan fingerprint density at radius 3 is 2.70 bits per heavy atom. The van der Waals surface area contributed by atoms with Crippen LogP contribution in [0.3, 0.4) is 0 Å². The van der Waals surface area contributed by atoms with Crippen LogP contribution in [0.5, 0.6) is 0 Å². The molecule has 2 aromatic rings. The summed E-state index contributed by atoms with van der Waals surface area (Å²) < 4.78 is 15.0. The summed E-state index contributed by atoms with van der Waals surface area (Å²) in [4.78, 5) is 20.8. The molecule has 7 heteroatoms. The molecule has 0 unspecified atom stereocenters. The lowest BCUT2D eigenvalue weighted by Gasteiger charge is -2.07. The number of carboxylic acid groups (broad SMARTS) is 1. The van der Waals surface area contributed by atoms with Crippen molar-refractivity contribution in [3.05, 3.63) is 63.2 Å². The molecule has 0 saturated carbocycles. The first-order valence-electron chi connectivity index (χ1n) is 5.72. The molecule has 0 aliphatic heterocycles. The molecule has 2 rings (SSSR count). The number of nitro benzene ring substituents is 1. The van der Waals surface area contributed by atoms with E-state index in [9.17, 15) is 19.3 Å². The lowest BCUT2D eigenvalue weighted by Crippen LogP contribution is -2.10. The van der Waals surface area contributed by atoms with E-state index >= 15 is 0 Å². The third-order valence-electron chi connectivity index (χ3n) is 2.93. The molecule has 0 amide bonds. The van der Waals surface area contributed by atoms with Crippen LogP contribution in [0.25, 0.3) is 0 Å². The number of carboxylic acids is 1. The van der Waals surface area contributed by atoms with Gasteiger partial charge in [-0.25, -0.2) is 4.79 Å². The molecule has 0 radical (unpaired) electrons. The Morgan fingerprint density at radius 1 is 1.45 bits per heavy atom. The first-order chi connectivity index (χ1) is 9.40. The van der Waals surface area contributed by atoms with Crippen LogP contribution in [0.4, 0.5) is 10.1 Å². The maximum atomic E-state index is 13.5. The fourth-order valence-corrected chi connectivity index (χ4v) is 2.00. The van der Waals surface area contributed by atoms with Crippen molar-refractivity contribution in [3.8, 4) is 0 Å². The predicted octanol–water partition coefficient (Wildman–Crippen LogP) is 2.59. The lowest BCUT2D eigenvalue weighted by atomic mass is 10.2. The van der Waals surface area contributed by atoms with Gasteiger partial charge in [-0.2, -0.15) is 4.39 Å². The number of hydrogen-bond acceptors (Lipinski definition) is 3. The highest BCUT2D eigenvalue weighted by Gasteiger charge is 2.16. The second-order valence-electron chi connectivity index (χ2n) is 4.32. The molecular weight excluding hydrogens is 267 g/mol. The van der Waals surface area contributed by atoms with Gasteiger partial charge in [0.2, 0.25) is 5.82 Å². The van der Waals surface area contributed by atoms with E-state index in [1.807, 2.05) is 0 Å². The highest BCUT2D eigenvalue weighted by molar-refractivity contribution is 5.87. The molecule has 0 fully saturated rings. The smallest absolute Gasteiger partial charge is 0.352 e. The van der Waals surface area contributed by atoms with Crippen LogP contribution in [0.2, 0.25) is 0 Å². The van der Waals surface area contributed by atoms with Gasteiger partial charge < -0.3 is 9.67 Å². The number of halogens is 1. The number of aromatic nitrogens is 1. The summed E-state index contributed by atoms with van der Waals surface area (Å²) in [6, 6.07) is 5.16. The number of benzene rings is 1. The fraction of sp³-hybridized carbons (Fsp3) is 0.154. The first kappa shape index (κ1) is 13.7. The zero-order chi connectivity index (χ0) is 14.9. The van der Waals surface area contributed by atoms with Crippen LogP contribution in [-0.2, 0) is 6.54 Å². The number of aryl methyl sites for hydroxylation is 1. The second-order valence-corrected chi connectivity index (χ2v) is 4.32. The quantitative estimate of drug-likeness (QED) is 0.688. The molecule has 0 bridgehead atoms. The predicted molar refractivity (Wildman–Crippen MR) is 68.3 cm³/mol. The van der Waals surface area contributed by atoms with Gasteiger partial charge in [0, 0.05) is 18.8 Å². The molecule has 1 N–H and O–H groups in total. The van der Waals surface area contributed by atoms with Crippen molar-refractivity contribution >= 4 is 11.7 Å². The van der Waals surface area contributed by atoms with Gasteiger partial charge in [-0.15, -0.1) is 0 Å². The molecule has 1 heterocycles. The van der Waals surface area contributed by atoms with E-state index in [4.69, 9.17) is 5.11 Å². The number of nitrogens with zero attached hydrogens (tertiary/aromatic N) is 2. The Labute approximate surface area is 113 Å². The minimum atomic E-state index is -1.07. The summed E-state index contributed by atoms with van der Waals surface area (Å²) in [7, 11) is 0. The van der Waals surface area contributed by atoms with Gasteiger partial charge >= 0.3 is 11.7 Å². The van der Waals surface area contributed by atoms with Gasteiger partial charge in [0.1, 0.15) is 5.69 Å². The van der Waals surface area contributed by atoms with Gasteiger partial charge in [0.05, 0.1) is 4.92 Å². The fourth-order valence-electron chi connectivity index (χ4n) is 2.00. The molecule has 0 saturated heterocycles. The zero-order valence-corrected chi connectivity index (χ0v) is 10.5. The van der Waals surface area contributed by atoms with Crippen LogP contribution in [0, 0.1) is 22.9 Å². The molecular formula is C13H11FN2O4. The van der Waals surface area contributed by atoms with Crippen molar-refractivity contribution in [1.82, 2.24) is 4.57 Å². The van der Waals surface area contributed by atoms with E-state index in [1.54, 1.807) is 19.2 Å². The van der Waals surface area contributed by atoms with Gasteiger partial charge in [-0.3, -0.25) is 10.1 Å². The van der Waals surface area contributed by atoms with Gasteiger partial charge in [-0.05, 0) is 30.2 Å². The number of rotatable bonds is 4. The van der Waals surface area contributed by atoms with Crippen molar-refractivity contribution < 1.29 is 19.2 Å². The van der Waals surface area contributed by atoms with E-state index in [-0.39, 0.29) is 12.2 Å². The van der Waals surface area contributed by atoms with E-state index in [1.165, 1.54) is 10.6 Å². The van der Waals surface area contributed by atoms with Crippen LogP contribution in [0.1, 0.15) is 21.6 Å². The number of hydrogen-bond donors (Lipinski definition) is 1. The summed E-state index contributed by atoms with van der Waals surface area (Å²) in [5.41, 5.74) is 0.561. The van der Waals surface area contributed by atoms with E-state index in [0.717, 1.165) is 12.1 Å². The van der Waals surface area contributed by atoms with Gasteiger partial charge in [-0.1, -0.05) is 6.07 Å². The van der Waals surface area contributed by atoms with Crippen LogP contribution >= 0.6 is 0 Å². The minimum absolute atomic E-state index is 0.115. The summed E-state index contributed by atoms with van der Waals surface area (Å²) in [5.74, 6) is -2.01. The van der Waals surface area contributed by atoms with E-state index < -0.39 is 22.4 Å². The van der Waals surface area contributed by atoms with Gasteiger partial charge in [0.15, 0.2) is 0 Å². The second kappa shape index (κ2) is 5.12. The Balaban J connectivity index is 2.34. The normalized spacial score (nSPS) is 10.5. The Hall–Kier alpha value is -2.70. The van der Waals surface area contributed by atoms with Crippen LogP contribution in [0.15, 0.2) is 30.5 Å². The van der Waals surface area contributed by atoms with Gasteiger partial charge in [0.25, 0.3) is 0 Å². The van der Waals surface area contributed by atoms with Crippen LogP contribution in [-0.4, -0.2) is 20.6 Å². The summed E-state index contributed by atoms with van der Waals surface area (Å²) in [6.45, 7) is 1.79. The maximum absolute atomic E-state index is 13.5. The third-order valence-corrected chi connectivity index (χ3v) is 2.93. The molecule has 1 aromatic heterocycles. The highest BCUT2D eigenvalue weighted by atomic mass is 19.1. The molecule has 0 spiro atoms. The monoisotopic (exact) mass is 278 g/mol. The molecule has 0 aliphatic carbocycles. The molecule has 0 aliphatic rings. The van der Waals surface area contributed by atoms with Crippen molar-refractivity contribution in [2.75, 3.05) is 0 Å². The molecule has 20 heavy (non-hydrogen) atoms. The largest absolute Gasteiger partial charge is 0.477 e. The number of nitro groups is 1. The average molecular weight is 278 g/mol. The summed E-state index contributed by atoms with van der Waals surface area (Å²) in [6.07, 6.45) is 1.58. The minimum Gasteiger partial charge on any atom is -0.477 e. The summed E-state index contributed by atoms with van der Waals surface area (Å²) >= 11 is 0. The number of aromatic carboxylic acids is 1. The zero-order valence-electron chi connectivity index (χ0n) is 10.5. The van der Waals surface area contributed by atoms with Crippen molar-refractivity contribution in [1.29, 1.82) is 0 Å². The van der Waals surface area contributed by atoms with Crippen molar-refractivity contribution in [2.24, 2.45) is 0 Å². The third kappa shape index (κ3) is 2.51. The lowest BCUT2D eigenvalue weighted by molar-refractivity contribution is -0.387. The average Bonchev–Trinajstić information content (AvgIpc) is 2.70. The van der Waals surface area contributed by atoms with Crippen molar-refractivity contribution in [3.63, 3.8) is 0 Å². The van der Waals surface area contributed by atoms with E-state index in [0.29, 0.717) is 11.1 Å². The Kier molecular flexibility index (Phi) is 3.51. The molecule has 0 atom stereocenters. The van der Waals surface area contributed by atoms with Crippen molar-refractivity contribution in [2.45, 2.75) is 13.5 Å². The Bertz CT molecular complexity index is 694. The Morgan fingerprint density at radius 2 is 2.15 bits per heavy atom. The molecule has 104 valence electrons. The topological polar surface area (TPSA) is 85.4 Å². The number of carbonyl (C=O) groups is 1. The molecule has 1 aromatic carbocycles. The summed E-state index contributed by atoms with van der Waals surface area (Å²) in [5, 5.41) is 19.6. The first-order valence-corrected chi connectivity index (χ1v) is 5.72. The highest BCUT2D eigenvalue weighted by Crippen LogP contribution is 2.20. The van der Waals surface area contributed by atoms with Crippen LogP contribution < -0.4 is 0 Å². The standard InChI is InChI=1S/C13H11FN2O4/c1-8-4-5-15(12(8)13(17)18)7-9-2-3-11(16(19)20)10(14)6-9/h2-6H,7H2,1H3,(H,17,18).